The Hall–Kier alpha value is -1.24. The summed E-state index contributed by atoms with van der Waals surface area (Å²) >= 11 is 0. The lowest BCUT2D eigenvalue weighted by molar-refractivity contribution is 0.181. The summed E-state index contributed by atoms with van der Waals surface area (Å²) in [6, 6.07) is 4.05. The lowest BCUT2D eigenvalue weighted by atomic mass is 10.1. The quantitative estimate of drug-likeness (QED) is 0.484. The maximum atomic E-state index is 5.58. The summed E-state index contributed by atoms with van der Waals surface area (Å²) in [5, 5.41) is 0. The molecule has 1 aliphatic heterocycles. The van der Waals surface area contributed by atoms with E-state index in [-0.39, 0.29) is 0 Å². The minimum atomic E-state index is -1.13. The van der Waals surface area contributed by atoms with Crippen LogP contribution in [0.25, 0.3) is 0 Å². The van der Waals surface area contributed by atoms with Crippen LogP contribution in [0.15, 0.2) is 12.1 Å². The molecule has 0 radical (unpaired) electrons. The minimum absolute atomic E-state index is 0.690. The van der Waals surface area contributed by atoms with Gasteiger partial charge in [-0.25, -0.2) is 0 Å². The first kappa shape index (κ1) is 21.1. The van der Waals surface area contributed by atoms with E-state index in [1.165, 1.54) is 44.7 Å². The number of benzene rings is 1. The molecular weight excluding hydrogens is 344 g/mol. The molecule has 0 atom stereocenters. The van der Waals surface area contributed by atoms with Crippen LogP contribution in [-0.2, 0) is 6.42 Å². The molecule has 5 nitrogen and oxygen atoms in total. The molecule has 0 N–H and O–H groups in total. The molecule has 0 aromatic heterocycles. The summed E-state index contributed by atoms with van der Waals surface area (Å²) in [7, 11) is 3.88. The highest BCUT2D eigenvalue weighted by Crippen LogP contribution is 2.40. The zero-order valence-corrected chi connectivity index (χ0v) is 18.4. The van der Waals surface area contributed by atoms with E-state index in [1.807, 2.05) is 6.07 Å². The van der Waals surface area contributed by atoms with Crippen molar-refractivity contribution in [1.82, 2.24) is 9.47 Å². The fraction of sp³-hybridized carbons (Fsp3) is 0.700. The van der Waals surface area contributed by atoms with Crippen molar-refractivity contribution in [2.45, 2.75) is 38.9 Å². The van der Waals surface area contributed by atoms with Crippen molar-refractivity contribution in [3.63, 3.8) is 0 Å². The van der Waals surface area contributed by atoms with Crippen molar-refractivity contribution in [2.24, 2.45) is 0 Å². The van der Waals surface area contributed by atoms with Gasteiger partial charge in [0, 0.05) is 26.2 Å². The summed E-state index contributed by atoms with van der Waals surface area (Å²) in [5.41, 5.74) is 1.19. The van der Waals surface area contributed by atoms with Crippen LogP contribution in [-0.4, -0.2) is 71.8 Å². The number of methoxy groups -OCH3 is 3. The third kappa shape index (κ3) is 5.38. The van der Waals surface area contributed by atoms with Crippen LogP contribution in [0.5, 0.6) is 17.2 Å². The van der Waals surface area contributed by atoms with E-state index in [0.717, 1.165) is 18.6 Å². The van der Waals surface area contributed by atoms with Gasteiger partial charge in [0.05, 0.1) is 21.3 Å². The number of hydrogen-bond donors (Lipinski definition) is 0. The number of rotatable bonds is 9. The molecular formula is C20H36N2O3Si. The minimum Gasteiger partial charge on any atom is -0.493 e. The summed E-state index contributed by atoms with van der Waals surface area (Å²) in [6.07, 6.45) is 3.36. The average molecular weight is 381 g/mol. The van der Waals surface area contributed by atoms with Crippen molar-refractivity contribution in [2.75, 3.05) is 54.1 Å². The fourth-order valence-electron chi connectivity index (χ4n) is 3.65. The molecule has 0 amide bonds. The third-order valence-corrected chi connectivity index (χ3v) is 7.62. The first-order chi connectivity index (χ1) is 12.4. The number of hydrogen-bond acceptors (Lipinski definition) is 5. The Kier molecular flexibility index (Phi) is 7.79. The Morgan fingerprint density at radius 1 is 0.846 bits per heavy atom. The van der Waals surface area contributed by atoms with Crippen molar-refractivity contribution < 1.29 is 14.2 Å². The van der Waals surface area contributed by atoms with Gasteiger partial charge in [-0.15, -0.1) is 0 Å². The molecule has 1 fully saturated rings. The van der Waals surface area contributed by atoms with Crippen molar-refractivity contribution in [3.8, 4) is 17.2 Å². The SMILES string of the molecule is COc1ccc(CCCCN2CCN([Si](C)(C)C)CC2)c(OC)c1OC. The van der Waals surface area contributed by atoms with Crippen LogP contribution in [0.2, 0.25) is 19.6 Å². The summed E-state index contributed by atoms with van der Waals surface area (Å²) in [4.78, 5) is 2.61. The Morgan fingerprint density at radius 3 is 2.04 bits per heavy atom. The van der Waals surface area contributed by atoms with Crippen molar-refractivity contribution >= 4 is 8.24 Å². The van der Waals surface area contributed by atoms with Gasteiger partial charge in [-0.1, -0.05) is 25.7 Å². The molecule has 1 saturated heterocycles. The fourth-order valence-corrected chi connectivity index (χ4v) is 5.19. The Morgan fingerprint density at radius 2 is 1.50 bits per heavy atom. The second kappa shape index (κ2) is 9.62. The molecule has 0 unspecified atom stereocenters. The predicted molar refractivity (Wildman–Crippen MR) is 110 cm³/mol. The van der Waals surface area contributed by atoms with Gasteiger partial charge in [0.25, 0.3) is 0 Å². The molecule has 1 aromatic rings. The topological polar surface area (TPSA) is 34.2 Å². The summed E-state index contributed by atoms with van der Waals surface area (Å²) in [5.74, 6) is 2.21. The van der Waals surface area contributed by atoms with Gasteiger partial charge in [0.15, 0.2) is 11.5 Å². The standard InChI is InChI=1S/C20H36N2O3Si/c1-23-18-11-10-17(19(24-2)20(18)25-3)9-7-8-12-21-13-15-22(16-14-21)26(4,5)6/h10-11H,7-9,12-16H2,1-6H3. The highest BCUT2D eigenvalue weighted by atomic mass is 28.3. The van der Waals surface area contributed by atoms with Gasteiger partial charge in [-0.2, -0.15) is 0 Å². The first-order valence-electron chi connectivity index (χ1n) is 9.66. The molecule has 2 rings (SSSR count). The molecule has 1 heterocycles. The molecule has 0 bridgehead atoms. The van der Waals surface area contributed by atoms with Crippen molar-refractivity contribution in [1.29, 1.82) is 0 Å². The first-order valence-corrected chi connectivity index (χ1v) is 13.1. The van der Waals surface area contributed by atoms with Gasteiger partial charge >= 0.3 is 0 Å². The van der Waals surface area contributed by atoms with Crippen LogP contribution in [0.4, 0.5) is 0 Å². The van der Waals surface area contributed by atoms with E-state index in [4.69, 9.17) is 14.2 Å². The normalized spacial score (nSPS) is 16.5. The molecule has 0 saturated carbocycles. The number of nitrogens with zero attached hydrogens (tertiary/aromatic N) is 2. The van der Waals surface area contributed by atoms with Gasteiger partial charge in [0.1, 0.15) is 8.24 Å². The molecule has 0 spiro atoms. The Balaban J connectivity index is 1.80. The largest absolute Gasteiger partial charge is 0.493 e. The summed E-state index contributed by atoms with van der Waals surface area (Å²) < 4.78 is 19.1. The lowest BCUT2D eigenvalue weighted by Gasteiger charge is -2.41. The molecule has 6 heteroatoms. The molecule has 1 aliphatic rings. The zero-order chi connectivity index (χ0) is 19.2. The van der Waals surface area contributed by atoms with Gasteiger partial charge < -0.3 is 23.7 Å². The monoisotopic (exact) mass is 380 g/mol. The highest BCUT2D eigenvalue weighted by molar-refractivity contribution is 6.73. The van der Waals surface area contributed by atoms with E-state index < -0.39 is 8.24 Å². The Bertz CT molecular complexity index is 567. The van der Waals surface area contributed by atoms with Crippen LogP contribution in [0, 0.1) is 0 Å². The molecule has 148 valence electrons. The second-order valence-corrected chi connectivity index (χ2v) is 12.9. The molecule has 26 heavy (non-hydrogen) atoms. The van der Waals surface area contributed by atoms with Crippen molar-refractivity contribution in [3.05, 3.63) is 17.7 Å². The van der Waals surface area contributed by atoms with Gasteiger partial charge in [0.2, 0.25) is 5.75 Å². The van der Waals surface area contributed by atoms with E-state index in [2.05, 4.69) is 35.2 Å². The number of aryl methyl sites for hydroxylation is 1. The average Bonchev–Trinajstić information content (AvgIpc) is 2.64. The van der Waals surface area contributed by atoms with E-state index in [1.54, 1.807) is 21.3 Å². The maximum absolute atomic E-state index is 5.58. The van der Waals surface area contributed by atoms with Crippen LogP contribution >= 0.6 is 0 Å². The van der Waals surface area contributed by atoms with E-state index >= 15 is 0 Å². The van der Waals surface area contributed by atoms with Crippen LogP contribution in [0.3, 0.4) is 0 Å². The van der Waals surface area contributed by atoms with Crippen LogP contribution < -0.4 is 14.2 Å². The number of unbranched alkanes of at least 4 members (excludes halogenated alkanes) is 1. The smallest absolute Gasteiger partial charge is 0.203 e. The predicted octanol–water partition coefficient (Wildman–Crippen LogP) is 3.49. The third-order valence-electron chi connectivity index (χ3n) is 5.28. The molecule has 0 aliphatic carbocycles. The number of ether oxygens (including phenoxy) is 3. The van der Waals surface area contributed by atoms with Gasteiger partial charge in [-0.3, -0.25) is 0 Å². The zero-order valence-electron chi connectivity index (χ0n) is 17.4. The second-order valence-electron chi connectivity index (χ2n) is 7.95. The number of piperazine rings is 1. The van der Waals surface area contributed by atoms with Crippen LogP contribution in [0.1, 0.15) is 18.4 Å². The summed E-state index contributed by atoms with van der Waals surface area (Å²) in [6.45, 7) is 13.4. The maximum Gasteiger partial charge on any atom is 0.203 e. The van der Waals surface area contributed by atoms with E-state index in [9.17, 15) is 0 Å². The molecule has 1 aromatic carbocycles. The lowest BCUT2D eigenvalue weighted by Crippen LogP contribution is -2.56. The van der Waals surface area contributed by atoms with E-state index in [0.29, 0.717) is 11.5 Å². The van der Waals surface area contributed by atoms with Gasteiger partial charge in [-0.05, 0) is 37.4 Å². The Labute approximate surface area is 160 Å². The highest BCUT2D eigenvalue weighted by Gasteiger charge is 2.27.